The van der Waals surface area contributed by atoms with Gasteiger partial charge in [-0.1, -0.05) is 0 Å². The highest BCUT2D eigenvalue weighted by Gasteiger charge is 2.47. The number of fused-ring (bicyclic) bond motifs is 1. The quantitative estimate of drug-likeness (QED) is 0.443. The summed E-state index contributed by atoms with van der Waals surface area (Å²) >= 11 is 1.18. The lowest BCUT2D eigenvalue weighted by atomic mass is 10.1. The number of anilines is 1. The number of nitrogens with two attached hydrogens (primary N) is 2. The van der Waals surface area contributed by atoms with Crippen molar-refractivity contribution in [2.45, 2.75) is 41.6 Å². The van der Waals surface area contributed by atoms with Crippen LogP contribution < -0.4 is 10.9 Å². The van der Waals surface area contributed by atoms with Crippen LogP contribution in [-0.2, 0) is 19.2 Å². The summed E-state index contributed by atoms with van der Waals surface area (Å²) < 4.78 is 48.0. The van der Waals surface area contributed by atoms with Gasteiger partial charge in [0.1, 0.15) is 34.4 Å². The number of rotatable bonds is 6. The Labute approximate surface area is 180 Å². The number of nitrogens with zero attached hydrogens (tertiary/aromatic N) is 5. The number of hydrogen-bond acceptors (Lipinski definition) is 11. The van der Waals surface area contributed by atoms with E-state index in [2.05, 4.69) is 24.2 Å². The van der Waals surface area contributed by atoms with Crippen molar-refractivity contribution in [2.75, 3.05) is 12.3 Å². The Morgan fingerprint density at radius 2 is 2.16 bits per heavy atom. The van der Waals surface area contributed by atoms with Gasteiger partial charge in [-0.25, -0.2) is 29.2 Å². The first kappa shape index (κ1) is 21.8. The molecule has 0 unspecified atom stereocenters. The summed E-state index contributed by atoms with van der Waals surface area (Å²) in [6.45, 7) is 1.24. The summed E-state index contributed by atoms with van der Waals surface area (Å²) in [5.41, 5.74) is 7.17. The molecule has 5 N–H and O–H groups in total. The van der Waals surface area contributed by atoms with Crippen molar-refractivity contribution >= 4 is 38.9 Å². The van der Waals surface area contributed by atoms with Crippen LogP contribution >= 0.6 is 11.8 Å². The Morgan fingerprint density at radius 3 is 2.87 bits per heavy atom. The summed E-state index contributed by atoms with van der Waals surface area (Å²) in [5, 5.41) is 20.7. The average molecular weight is 471 g/mol. The van der Waals surface area contributed by atoms with E-state index in [1.807, 2.05) is 19.1 Å². The first-order valence-electron chi connectivity index (χ1n) is 8.88. The largest absolute Gasteiger partial charge is 0.387 e. The fraction of sp³-hybridized carbons (Fsp3) is 0.375. The summed E-state index contributed by atoms with van der Waals surface area (Å²) in [6, 6.07) is 3.67. The number of ether oxygens (including phenoxy) is 1. The van der Waals surface area contributed by atoms with Crippen LogP contribution in [-0.4, -0.2) is 63.2 Å². The van der Waals surface area contributed by atoms with E-state index in [1.54, 1.807) is 6.20 Å². The summed E-state index contributed by atoms with van der Waals surface area (Å²) in [7, 11) is -4.29. The van der Waals surface area contributed by atoms with Crippen LogP contribution in [0.25, 0.3) is 11.0 Å². The van der Waals surface area contributed by atoms with Crippen LogP contribution in [0.5, 0.6) is 0 Å². The third kappa shape index (κ3) is 4.46. The van der Waals surface area contributed by atoms with Crippen LogP contribution in [0.3, 0.4) is 0 Å². The number of pyridine rings is 1. The molecular weight excluding hydrogens is 453 g/mol. The first-order valence-corrected chi connectivity index (χ1v) is 11.2. The van der Waals surface area contributed by atoms with Gasteiger partial charge >= 0.3 is 10.3 Å². The van der Waals surface area contributed by atoms with Crippen LogP contribution in [0, 0.1) is 6.92 Å². The molecule has 1 fully saturated rings. The molecule has 4 heterocycles. The van der Waals surface area contributed by atoms with Crippen molar-refractivity contribution in [3.63, 3.8) is 0 Å². The Morgan fingerprint density at radius 1 is 1.39 bits per heavy atom. The zero-order valence-corrected chi connectivity index (χ0v) is 17.6. The number of hydrogen-bond donors (Lipinski definition) is 3. The Bertz CT molecular complexity index is 1220. The molecule has 3 aromatic rings. The van der Waals surface area contributed by atoms with Gasteiger partial charge in [0.25, 0.3) is 0 Å². The topological polar surface area (TPSA) is 181 Å². The highest BCUT2D eigenvalue weighted by atomic mass is 32.2. The Hall–Kier alpha value is -2.43. The highest BCUT2D eigenvalue weighted by molar-refractivity contribution is 7.99. The summed E-state index contributed by atoms with van der Waals surface area (Å²) in [6.07, 6.45) is -3.52. The molecule has 0 spiro atoms. The van der Waals surface area contributed by atoms with E-state index in [4.69, 9.17) is 15.6 Å². The Kier molecular flexibility index (Phi) is 5.80. The molecule has 0 radical (unpaired) electrons. The molecule has 0 aliphatic carbocycles. The number of aliphatic hydroxyl groups excluding tert-OH is 1. The number of nitrogen functional groups attached to an aromatic ring is 1. The molecule has 0 saturated carbocycles. The number of aromatic nitrogens is 5. The maximum absolute atomic E-state index is 14.9. The zero-order valence-electron chi connectivity index (χ0n) is 16.0. The lowest BCUT2D eigenvalue weighted by Crippen LogP contribution is -2.33. The molecule has 0 amide bonds. The number of alkyl halides is 1. The molecule has 1 saturated heterocycles. The van der Waals surface area contributed by atoms with Crippen LogP contribution in [0.15, 0.2) is 34.7 Å². The second-order valence-corrected chi connectivity index (χ2v) is 8.99. The van der Waals surface area contributed by atoms with E-state index in [1.165, 1.54) is 18.1 Å². The molecule has 1 aliphatic heterocycles. The minimum Gasteiger partial charge on any atom is -0.387 e. The fourth-order valence-corrected chi connectivity index (χ4v) is 4.38. The van der Waals surface area contributed by atoms with E-state index < -0.39 is 41.5 Å². The number of aliphatic hydroxyl groups is 1. The summed E-state index contributed by atoms with van der Waals surface area (Å²) in [4.78, 5) is 12.4. The zero-order chi connectivity index (χ0) is 22.3. The molecule has 4 rings (SSSR count). The molecule has 166 valence electrons. The van der Waals surface area contributed by atoms with E-state index >= 15 is 0 Å². The molecule has 31 heavy (non-hydrogen) atoms. The minimum absolute atomic E-state index is 0.120. The maximum atomic E-state index is 14.9. The van der Waals surface area contributed by atoms with Gasteiger partial charge in [0.15, 0.2) is 18.0 Å². The van der Waals surface area contributed by atoms with E-state index in [0.717, 1.165) is 10.2 Å². The third-order valence-corrected chi connectivity index (χ3v) is 5.89. The van der Waals surface area contributed by atoms with E-state index in [0.29, 0.717) is 15.4 Å². The SMILES string of the molecule is Cc1ccnc(Sc2nn([C@@H]3O[C@H](COS(N)(=O)=O)[C@@H](O)[C@@H]3F)c3ncnc(N)c23)c1. The lowest BCUT2D eigenvalue weighted by molar-refractivity contribution is -0.0456. The molecule has 12 nitrogen and oxygen atoms in total. The van der Waals surface area contributed by atoms with Gasteiger partial charge in [0.2, 0.25) is 0 Å². The van der Waals surface area contributed by atoms with Gasteiger partial charge in [-0.3, -0.25) is 4.18 Å². The smallest absolute Gasteiger partial charge is 0.333 e. The van der Waals surface area contributed by atoms with E-state index in [9.17, 15) is 17.9 Å². The normalized spacial score (nSPS) is 24.1. The van der Waals surface area contributed by atoms with Gasteiger partial charge in [0, 0.05) is 6.20 Å². The predicted octanol–water partition coefficient (Wildman–Crippen LogP) is 0.0796. The molecule has 0 aromatic carbocycles. The van der Waals surface area contributed by atoms with Crippen molar-refractivity contribution in [1.82, 2.24) is 24.7 Å². The molecular formula is C16H18FN7O5S2. The molecule has 0 bridgehead atoms. The van der Waals surface area contributed by atoms with Crippen molar-refractivity contribution in [2.24, 2.45) is 5.14 Å². The maximum Gasteiger partial charge on any atom is 0.333 e. The molecule has 15 heteroatoms. The lowest BCUT2D eigenvalue weighted by Gasteiger charge is -2.14. The van der Waals surface area contributed by atoms with Gasteiger partial charge in [-0.05, 0) is 36.4 Å². The van der Waals surface area contributed by atoms with Crippen molar-refractivity contribution in [3.8, 4) is 0 Å². The molecule has 1 aliphatic rings. The average Bonchev–Trinajstić information content (AvgIpc) is 3.19. The number of aryl methyl sites for hydroxylation is 1. The number of halogens is 1. The Balaban J connectivity index is 1.70. The van der Waals surface area contributed by atoms with Crippen molar-refractivity contribution in [3.05, 3.63) is 30.2 Å². The second-order valence-electron chi connectivity index (χ2n) is 6.76. The predicted molar refractivity (Wildman–Crippen MR) is 107 cm³/mol. The van der Waals surface area contributed by atoms with Crippen molar-refractivity contribution in [1.29, 1.82) is 0 Å². The van der Waals surface area contributed by atoms with Crippen LogP contribution in [0.1, 0.15) is 11.8 Å². The van der Waals surface area contributed by atoms with E-state index in [-0.39, 0.29) is 11.5 Å². The van der Waals surface area contributed by atoms with Gasteiger partial charge in [-0.2, -0.15) is 13.5 Å². The van der Waals surface area contributed by atoms with Crippen LogP contribution in [0.2, 0.25) is 0 Å². The summed E-state index contributed by atoms with van der Waals surface area (Å²) in [5.74, 6) is 0.120. The van der Waals surface area contributed by atoms with Crippen LogP contribution in [0.4, 0.5) is 10.2 Å². The third-order valence-electron chi connectivity index (χ3n) is 4.51. The standard InChI is InChI=1S/C16H18FN7O5S2/c1-7-2-3-20-9(4-7)30-15-10-13(18)21-6-22-14(10)24(23-15)16-11(17)12(25)8(29-16)5-28-31(19,26)27/h2-4,6,8,11-12,16,25H,5H2,1H3,(H2,18,21,22)(H2,19,26,27)/t8-,11+,12-,16-/m1/s1. The first-order chi connectivity index (χ1) is 14.6. The minimum atomic E-state index is -4.29. The van der Waals surface area contributed by atoms with Gasteiger partial charge in [0.05, 0.1) is 12.0 Å². The highest BCUT2D eigenvalue weighted by Crippen LogP contribution is 2.38. The van der Waals surface area contributed by atoms with Gasteiger partial charge in [-0.15, -0.1) is 0 Å². The van der Waals surface area contributed by atoms with Gasteiger partial charge < -0.3 is 15.6 Å². The molecule has 3 aromatic heterocycles. The second kappa shape index (κ2) is 8.25. The monoisotopic (exact) mass is 471 g/mol. The van der Waals surface area contributed by atoms with Crippen molar-refractivity contribution < 1.29 is 26.8 Å². The fourth-order valence-electron chi connectivity index (χ4n) is 3.08. The molecule has 4 atom stereocenters.